The third kappa shape index (κ3) is 7.59. The standard InChI is InChI=1S/C26H29N5O2/c1-31(2)15-14-19-6-10-23(11-7-19)29-25(32)22-5-3-4-21(16-22)18-28-26(33)30-24-12-8-20(17-27)9-13-24/h3-13,16-17,27H,14-15,18H2,1-2H3,(H,29,32)(H2,28,30,33). The quantitative estimate of drug-likeness (QED) is 0.370. The molecule has 3 aromatic rings. The molecular formula is C26H29N5O2. The summed E-state index contributed by atoms with van der Waals surface area (Å²) in [6, 6.07) is 21.7. The number of benzene rings is 3. The molecule has 4 N–H and O–H groups in total. The van der Waals surface area contributed by atoms with Gasteiger partial charge in [0.2, 0.25) is 0 Å². The summed E-state index contributed by atoms with van der Waals surface area (Å²) in [5.74, 6) is -0.200. The average molecular weight is 444 g/mol. The van der Waals surface area contributed by atoms with Gasteiger partial charge >= 0.3 is 6.03 Å². The maximum absolute atomic E-state index is 12.7. The van der Waals surface area contributed by atoms with Crippen molar-refractivity contribution in [2.24, 2.45) is 0 Å². The van der Waals surface area contributed by atoms with E-state index in [9.17, 15) is 9.59 Å². The van der Waals surface area contributed by atoms with Crippen molar-refractivity contribution in [3.63, 3.8) is 0 Å². The highest BCUT2D eigenvalue weighted by atomic mass is 16.2. The number of amides is 3. The summed E-state index contributed by atoms with van der Waals surface area (Å²) >= 11 is 0. The Morgan fingerprint density at radius 1 is 0.879 bits per heavy atom. The van der Waals surface area contributed by atoms with E-state index in [-0.39, 0.29) is 18.5 Å². The Hall–Kier alpha value is -3.97. The van der Waals surface area contributed by atoms with Crippen LogP contribution in [0.15, 0.2) is 72.8 Å². The lowest BCUT2D eigenvalue weighted by atomic mass is 10.1. The van der Waals surface area contributed by atoms with Crippen LogP contribution in [0.25, 0.3) is 0 Å². The van der Waals surface area contributed by atoms with Crippen molar-refractivity contribution < 1.29 is 9.59 Å². The topological polar surface area (TPSA) is 97.3 Å². The molecule has 0 bridgehead atoms. The number of carbonyl (C=O) groups is 2. The van der Waals surface area contributed by atoms with Crippen LogP contribution in [0.3, 0.4) is 0 Å². The van der Waals surface area contributed by atoms with Crippen molar-refractivity contribution in [3.8, 4) is 0 Å². The molecule has 0 saturated heterocycles. The van der Waals surface area contributed by atoms with Gasteiger partial charge in [0.25, 0.3) is 5.91 Å². The number of likely N-dealkylation sites (N-methyl/N-ethyl adjacent to an activating group) is 1. The van der Waals surface area contributed by atoms with Crippen LogP contribution in [-0.4, -0.2) is 43.7 Å². The predicted molar refractivity (Wildman–Crippen MR) is 133 cm³/mol. The second-order valence-corrected chi connectivity index (χ2v) is 7.98. The molecule has 7 nitrogen and oxygen atoms in total. The summed E-state index contributed by atoms with van der Waals surface area (Å²) in [6.45, 7) is 1.26. The van der Waals surface area contributed by atoms with Crippen molar-refractivity contribution in [1.82, 2.24) is 10.2 Å². The SMILES string of the molecule is CN(C)CCc1ccc(NC(=O)c2cccc(CNC(=O)Nc3ccc(C=N)cc3)c2)cc1. The van der Waals surface area contributed by atoms with E-state index >= 15 is 0 Å². The van der Waals surface area contributed by atoms with E-state index < -0.39 is 0 Å². The molecule has 33 heavy (non-hydrogen) atoms. The van der Waals surface area contributed by atoms with Gasteiger partial charge in [-0.2, -0.15) is 0 Å². The summed E-state index contributed by atoms with van der Waals surface area (Å²) in [7, 11) is 4.09. The number of carbonyl (C=O) groups excluding carboxylic acids is 2. The first-order chi connectivity index (χ1) is 15.9. The molecule has 170 valence electrons. The second-order valence-electron chi connectivity index (χ2n) is 7.98. The van der Waals surface area contributed by atoms with Gasteiger partial charge in [-0.3, -0.25) is 4.79 Å². The molecule has 0 fully saturated rings. The number of anilines is 2. The summed E-state index contributed by atoms with van der Waals surface area (Å²) in [6.07, 6.45) is 2.20. The third-order valence-corrected chi connectivity index (χ3v) is 5.04. The summed E-state index contributed by atoms with van der Waals surface area (Å²) in [5.41, 5.74) is 4.70. The Labute approximate surface area is 194 Å². The fraction of sp³-hybridized carbons (Fsp3) is 0.192. The Kier molecular flexibility index (Phi) is 8.32. The molecule has 0 atom stereocenters. The van der Waals surface area contributed by atoms with Crippen LogP contribution in [0.4, 0.5) is 16.2 Å². The summed E-state index contributed by atoms with van der Waals surface area (Å²) in [5, 5.41) is 15.7. The Morgan fingerprint density at radius 3 is 2.21 bits per heavy atom. The van der Waals surface area contributed by atoms with E-state index in [2.05, 4.69) is 20.9 Å². The first-order valence-electron chi connectivity index (χ1n) is 10.7. The summed E-state index contributed by atoms with van der Waals surface area (Å²) in [4.78, 5) is 27.0. The minimum atomic E-state index is -0.346. The monoisotopic (exact) mass is 443 g/mol. The first-order valence-corrected chi connectivity index (χ1v) is 10.7. The van der Waals surface area contributed by atoms with Gasteiger partial charge in [-0.15, -0.1) is 0 Å². The van der Waals surface area contributed by atoms with Crippen LogP contribution in [-0.2, 0) is 13.0 Å². The number of hydrogen-bond acceptors (Lipinski definition) is 4. The molecule has 0 radical (unpaired) electrons. The van der Waals surface area contributed by atoms with Gasteiger partial charge < -0.3 is 26.3 Å². The molecule has 0 unspecified atom stereocenters. The molecule has 3 aromatic carbocycles. The lowest BCUT2D eigenvalue weighted by Gasteiger charge is -2.11. The Morgan fingerprint density at radius 2 is 1.55 bits per heavy atom. The number of hydrogen-bond donors (Lipinski definition) is 4. The van der Waals surface area contributed by atoms with Gasteiger partial charge in [0.15, 0.2) is 0 Å². The smallest absolute Gasteiger partial charge is 0.319 e. The lowest BCUT2D eigenvalue weighted by Crippen LogP contribution is -2.28. The van der Waals surface area contributed by atoms with Crippen LogP contribution in [0.2, 0.25) is 0 Å². The van der Waals surface area contributed by atoms with Gasteiger partial charge in [0.1, 0.15) is 0 Å². The fourth-order valence-corrected chi connectivity index (χ4v) is 3.15. The van der Waals surface area contributed by atoms with Crippen molar-refractivity contribution >= 4 is 29.5 Å². The van der Waals surface area contributed by atoms with E-state index in [4.69, 9.17) is 5.41 Å². The number of urea groups is 1. The minimum absolute atomic E-state index is 0.200. The Balaban J connectivity index is 1.52. The second kappa shape index (κ2) is 11.6. The van der Waals surface area contributed by atoms with Crippen LogP contribution in [0.5, 0.6) is 0 Å². The van der Waals surface area contributed by atoms with Crippen molar-refractivity contribution in [3.05, 3.63) is 95.1 Å². The zero-order valence-electron chi connectivity index (χ0n) is 18.9. The maximum atomic E-state index is 12.7. The highest BCUT2D eigenvalue weighted by Gasteiger charge is 2.08. The number of nitrogens with one attached hydrogen (secondary N) is 4. The van der Waals surface area contributed by atoms with Gasteiger partial charge in [0, 0.05) is 36.2 Å². The maximum Gasteiger partial charge on any atom is 0.319 e. The highest BCUT2D eigenvalue weighted by Crippen LogP contribution is 2.13. The molecule has 3 rings (SSSR count). The zero-order valence-corrected chi connectivity index (χ0v) is 18.9. The number of rotatable bonds is 9. The molecule has 0 heterocycles. The van der Waals surface area contributed by atoms with E-state index in [0.717, 1.165) is 29.8 Å². The van der Waals surface area contributed by atoms with Crippen LogP contribution in [0.1, 0.15) is 27.0 Å². The van der Waals surface area contributed by atoms with Gasteiger partial charge in [-0.25, -0.2) is 4.79 Å². The Bertz CT molecular complexity index is 1090. The largest absolute Gasteiger partial charge is 0.334 e. The van der Waals surface area contributed by atoms with Gasteiger partial charge in [-0.1, -0.05) is 36.4 Å². The molecule has 0 saturated carbocycles. The van der Waals surface area contributed by atoms with Gasteiger partial charge in [-0.05, 0) is 73.6 Å². The van der Waals surface area contributed by atoms with Gasteiger partial charge in [0.05, 0.1) is 0 Å². The number of nitrogens with zero attached hydrogens (tertiary/aromatic N) is 1. The fourth-order valence-electron chi connectivity index (χ4n) is 3.15. The molecule has 0 aliphatic heterocycles. The van der Waals surface area contributed by atoms with Crippen molar-refractivity contribution in [2.75, 3.05) is 31.3 Å². The third-order valence-electron chi connectivity index (χ3n) is 5.04. The van der Waals surface area contributed by atoms with E-state index in [1.807, 2.05) is 44.4 Å². The molecule has 0 aliphatic rings. The lowest BCUT2D eigenvalue weighted by molar-refractivity contribution is 0.102. The molecular weight excluding hydrogens is 414 g/mol. The van der Waals surface area contributed by atoms with E-state index in [0.29, 0.717) is 11.3 Å². The van der Waals surface area contributed by atoms with Crippen LogP contribution >= 0.6 is 0 Å². The highest BCUT2D eigenvalue weighted by molar-refractivity contribution is 6.04. The molecule has 3 amide bonds. The molecule has 0 aromatic heterocycles. The van der Waals surface area contributed by atoms with E-state index in [1.165, 1.54) is 11.8 Å². The predicted octanol–water partition coefficient (Wildman–Crippen LogP) is 4.36. The van der Waals surface area contributed by atoms with Crippen molar-refractivity contribution in [2.45, 2.75) is 13.0 Å². The molecule has 0 aliphatic carbocycles. The molecule has 0 spiro atoms. The van der Waals surface area contributed by atoms with Crippen molar-refractivity contribution in [1.29, 1.82) is 5.41 Å². The van der Waals surface area contributed by atoms with Crippen LogP contribution < -0.4 is 16.0 Å². The normalized spacial score (nSPS) is 10.5. The average Bonchev–Trinajstić information content (AvgIpc) is 2.83. The first kappa shape index (κ1) is 23.7. The minimum Gasteiger partial charge on any atom is -0.334 e. The summed E-state index contributed by atoms with van der Waals surface area (Å²) < 4.78 is 0. The van der Waals surface area contributed by atoms with Crippen LogP contribution in [0, 0.1) is 5.41 Å². The zero-order chi connectivity index (χ0) is 23.6. The molecule has 7 heteroatoms. The van der Waals surface area contributed by atoms with E-state index in [1.54, 1.807) is 42.5 Å².